The second-order valence-electron chi connectivity index (χ2n) is 5.62. The van der Waals surface area contributed by atoms with Crippen LogP contribution in [-0.2, 0) is 6.54 Å². The van der Waals surface area contributed by atoms with Gasteiger partial charge in [-0.2, -0.15) is 0 Å². The molecule has 3 heteroatoms. The van der Waals surface area contributed by atoms with E-state index < -0.39 is 0 Å². The molecule has 1 fully saturated rings. The lowest BCUT2D eigenvalue weighted by Gasteiger charge is -2.15. The summed E-state index contributed by atoms with van der Waals surface area (Å²) in [5.41, 5.74) is 2.70. The average molecular weight is 289 g/mol. The van der Waals surface area contributed by atoms with Gasteiger partial charge in [0.25, 0.3) is 0 Å². The van der Waals surface area contributed by atoms with Gasteiger partial charge in [0.15, 0.2) is 0 Å². The molecule has 1 heterocycles. The highest BCUT2D eigenvalue weighted by Crippen LogP contribution is 2.41. The molecule has 1 unspecified atom stereocenters. The number of benzene rings is 1. The summed E-state index contributed by atoms with van der Waals surface area (Å²) in [7, 11) is 0. The molecule has 1 atom stereocenters. The van der Waals surface area contributed by atoms with Crippen LogP contribution >= 0.6 is 11.6 Å². The van der Waals surface area contributed by atoms with Gasteiger partial charge in [-0.05, 0) is 54.6 Å². The molecule has 1 aliphatic rings. The van der Waals surface area contributed by atoms with E-state index in [4.69, 9.17) is 11.6 Å². The molecule has 1 aromatic carbocycles. The maximum atomic E-state index is 5.92. The molecule has 20 heavy (non-hydrogen) atoms. The third kappa shape index (κ3) is 3.25. The zero-order valence-corrected chi connectivity index (χ0v) is 12.6. The highest BCUT2D eigenvalue weighted by Gasteiger charge is 2.31. The number of rotatable bonds is 6. The van der Waals surface area contributed by atoms with Crippen molar-refractivity contribution in [2.45, 2.75) is 32.4 Å². The minimum atomic E-state index is 0.534. The van der Waals surface area contributed by atoms with Gasteiger partial charge in [0.1, 0.15) is 0 Å². The quantitative estimate of drug-likeness (QED) is 0.841. The van der Waals surface area contributed by atoms with Crippen molar-refractivity contribution in [2.24, 2.45) is 5.92 Å². The normalized spacial score (nSPS) is 16.3. The molecule has 0 saturated heterocycles. The molecule has 1 aromatic heterocycles. The highest BCUT2D eigenvalue weighted by molar-refractivity contribution is 6.30. The van der Waals surface area contributed by atoms with E-state index in [1.807, 2.05) is 12.1 Å². The maximum absolute atomic E-state index is 5.92. The number of nitrogens with zero attached hydrogens (tertiary/aromatic N) is 1. The summed E-state index contributed by atoms with van der Waals surface area (Å²) >= 11 is 5.92. The summed E-state index contributed by atoms with van der Waals surface area (Å²) in [6.07, 6.45) is 7.18. The number of aromatic nitrogens is 1. The van der Waals surface area contributed by atoms with Crippen LogP contribution in [0.3, 0.4) is 0 Å². The zero-order valence-electron chi connectivity index (χ0n) is 11.8. The summed E-state index contributed by atoms with van der Waals surface area (Å²) in [5, 5.41) is 4.41. The number of hydrogen-bond acceptors (Lipinski definition) is 1. The second kappa shape index (κ2) is 6.02. The lowest BCUT2D eigenvalue weighted by molar-refractivity contribution is 0.495. The summed E-state index contributed by atoms with van der Waals surface area (Å²) in [4.78, 5) is 0. The molecular formula is C17H21ClN2. The number of nitrogens with one attached hydrogen (secondary N) is 1. The van der Waals surface area contributed by atoms with E-state index in [2.05, 4.69) is 47.4 Å². The molecule has 0 amide bonds. The first kappa shape index (κ1) is 13.7. The van der Waals surface area contributed by atoms with E-state index in [-0.39, 0.29) is 0 Å². The summed E-state index contributed by atoms with van der Waals surface area (Å²) in [6.45, 7) is 4.12. The van der Waals surface area contributed by atoms with Gasteiger partial charge < -0.3 is 9.88 Å². The van der Waals surface area contributed by atoms with E-state index in [9.17, 15) is 0 Å². The SMILES string of the molecule is CCNC(c1ccn(Cc2ccc(Cl)cc2)c1)C1CC1. The lowest BCUT2D eigenvalue weighted by atomic mass is 10.1. The first-order chi connectivity index (χ1) is 9.76. The van der Waals surface area contributed by atoms with Gasteiger partial charge in [0, 0.05) is 30.0 Å². The van der Waals surface area contributed by atoms with Crippen molar-refractivity contribution in [1.82, 2.24) is 9.88 Å². The Morgan fingerprint density at radius 2 is 2.00 bits per heavy atom. The van der Waals surface area contributed by atoms with Crippen LogP contribution in [0, 0.1) is 5.92 Å². The van der Waals surface area contributed by atoms with Crippen molar-refractivity contribution in [3.05, 3.63) is 58.9 Å². The Hall–Kier alpha value is -1.25. The third-order valence-electron chi connectivity index (χ3n) is 3.93. The van der Waals surface area contributed by atoms with Crippen LogP contribution in [0.15, 0.2) is 42.7 Å². The molecule has 0 radical (unpaired) electrons. The molecule has 3 rings (SSSR count). The summed E-state index contributed by atoms with van der Waals surface area (Å²) in [5.74, 6) is 0.835. The predicted octanol–water partition coefficient (Wildman–Crippen LogP) is 4.25. The Kier molecular flexibility index (Phi) is 4.13. The third-order valence-corrected chi connectivity index (χ3v) is 4.18. The molecular weight excluding hydrogens is 268 g/mol. The highest BCUT2D eigenvalue weighted by atomic mass is 35.5. The Morgan fingerprint density at radius 3 is 2.65 bits per heavy atom. The summed E-state index contributed by atoms with van der Waals surface area (Å²) in [6, 6.07) is 10.9. The lowest BCUT2D eigenvalue weighted by Crippen LogP contribution is -2.22. The smallest absolute Gasteiger partial charge is 0.0470 e. The molecule has 0 spiro atoms. The fourth-order valence-electron chi connectivity index (χ4n) is 2.75. The van der Waals surface area contributed by atoms with Crippen molar-refractivity contribution in [3.63, 3.8) is 0 Å². The van der Waals surface area contributed by atoms with Gasteiger partial charge in [0.05, 0.1) is 0 Å². The summed E-state index contributed by atoms with van der Waals surface area (Å²) < 4.78 is 2.26. The van der Waals surface area contributed by atoms with Crippen LogP contribution in [0.4, 0.5) is 0 Å². The largest absolute Gasteiger partial charge is 0.350 e. The fraction of sp³-hybridized carbons (Fsp3) is 0.412. The van der Waals surface area contributed by atoms with Gasteiger partial charge in [-0.15, -0.1) is 0 Å². The standard InChI is InChI=1S/C17H21ClN2/c1-2-19-17(14-5-6-14)15-9-10-20(12-15)11-13-3-7-16(18)8-4-13/h3-4,7-10,12,14,17,19H,2,5-6,11H2,1H3. The van der Waals surface area contributed by atoms with Crippen LogP contribution < -0.4 is 5.32 Å². The van der Waals surface area contributed by atoms with Crippen LogP contribution in [0.2, 0.25) is 5.02 Å². The number of halogens is 1. The van der Waals surface area contributed by atoms with Crippen molar-refractivity contribution in [1.29, 1.82) is 0 Å². The molecule has 1 saturated carbocycles. The predicted molar refractivity (Wildman–Crippen MR) is 84.1 cm³/mol. The van der Waals surface area contributed by atoms with E-state index in [1.165, 1.54) is 24.0 Å². The van der Waals surface area contributed by atoms with Crippen molar-refractivity contribution < 1.29 is 0 Å². The average Bonchev–Trinajstić information content (AvgIpc) is 3.19. The maximum Gasteiger partial charge on any atom is 0.0470 e. The molecule has 1 N–H and O–H groups in total. The van der Waals surface area contributed by atoms with E-state index in [1.54, 1.807) is 0 Å². The van der Waals surface area contributed by atoms with Gasteiger partial charge in [-0.1, -0.05) is 30.7 Å². The number of hydrogen-bond donors (Lipinski definition) is 1. The molecule has 0 aliphatic heterocycles. The fourth-order valence-corrected chi connectivity index (χ4v) is 2.87. The van der Waals surface area contributed by atoms with Gasteiger partial charge in [-0.3, -0.25) is 0 Å². The molecule has 106 valence electrons. The molecule has 2 nitrogen and oxygen atoms in total. The van der Waals surface area contributed by atoms with Crippen molar-refractivity contribution >= 4 is 11.6 Å². The Balaban J connectivity index is 1.70. The van der Waals surface area contributed by atoms with E-state index in [0.717, 1.165) is 24.0 Å². The van der Waals surface area contributed by atoms with Crippen LogP contribution in [0.5, 0.6) is 0 Å². The van der Waals surface area contributed by atoms with Crippen molar-refractivity contribution in [2.75, 3.05) is 6.54 Å². The van der Waals surface area contributed by atoms with Crippen LogP contribution in [0.1, 0.15) is 36.9 Å². The topological polar surface area (TPSA) is 17.0 Å². The van der Waals surface area contributed by atoms with Crippen molar-refractivity contribution in [3.8, 4) is 0 Å². The zero-order chi connectivity index (χ0) is 13.9. The second-order valence-corrected chi connectivity index (χ2v) is 6.05. The Bertz CT molecular complexity index is 555. The van der Waals surface area contributed by atoms with Gasteiger partial charge in [0.2, 0.25) is 0 Å². The molecule has 2 aromatic rings. The Labute approximate surface area is 125 Å². The van der Waals surface area contributed by atoms with E-state index in [0.29, 0.717) is 6.04 Å². The molecule has 0 bridgehead atoms. The van der Waals surface area contributed by atoms with Gasteiger partial charge >= 0.3 is 0 Å². The van der Waals surface area contributed by atoms with Crippen LogP contribution in [0.25, 0.3) is 0 Å². The minimum Gasteiger partial charge on any atom is -0.350 e. The minimum absolute atomic E-state index is 0.534. The Morgan fingerprint density at radius 1 is 1.25 bits per heavy atom. The monoisotopic (exact) mass is 288 g/mol. The van der Waals surface area contributed by atoms with Gasteiger partial charge in [-0.25, -0.2) is 0 Å². The van der Waals surface area contributed by atoms with Crippen LogP contribution in [-0.4, -0.2) is 11.1 Å². The first-order valence-corrected chi connectivity index (χ1v) is 7.77. The first-order valence-electron chi connectivity index (χ1n) is 7.40. The van der Waals surface area contributed by atoms with E-state index >= 15 is 0 Å². The molecule has 1 aliphatic carbocycles.